The van der Waals surface area contributed by atoms with Gasteiger partial charge in [-0.25, -0.2) is 4.98 Å². The van der Waals surface area contributed by atoms with Gasteiger partial charge in [0.15, 0.2) is 5.96 Å². The minimum absolute atomic E-state index is 0. The van der Waals surface area contributed by atoms with Crippen molar-refractivity contribution < 1.29 is 0 Å². The van der Waals surface area contributed by atoms with Crippen LogP contribution in [0.25, 0.3) is 0 Å². The summed E-state index contributed by atoms with van der Waals surface area (Å²) in [5.41, 5.74) is 0. The minimum atomic E-state index is 0. The molecule has 2 N–H and O–H groups in total. The van der Waals surface area contributed by atoms with Crippen molar-refractivity contribution in [2.24, 2.45) is 10.9 Å². The zero-order valence-electron chi connectivity index (χ0n) is 13.5. The van der Waals surface area contributed by atoms with Gasteiger partial charge >= 0.3 is 0 Å². The minimum Gasteiger partial charge on any atom is -0.356 e. The van der Waals surface area contributed by atoms with Gasteiger partial charge in [-0.2, -0.15) is 0 Å². The van der Waals surface area contributed by atoms with E-state index in [9.17, 15) is 0 Å². The van der Waals surface area contributed by atoms with Gasteiger partial charge in [0.2, 0.25) is 0 Å². The zero-order chi connectivity index (χ0) is 14.6. The Labute approximate surface area is 146 Å². The molecule has 0 fully saturated rings. The van der Waals surface area contributed by atoms with Gasteiger partial charge in [0.25, 0.3) is 0 Å². The zero-order valence-corrected chi connectivity index (χ0v) is 15.8. The van der Waals surface area contributed by atoms with Crippen LogP contribution in [0.4, 0.5) is 0 Å². The van der Waals surface area contributed by atoms with Crippen molar-refractivity contribution in [1.29, 1.82) is 0 Å². The average Bonchev–Trinajstić information content (AvgIpc) is 2.93. The van der Waals surface area contributed by atoms with Gasteiger partial charge in [-0.3, -0.25) is 4.99 Å². The van der Waals surface area contributed by atoms with Crippen molar-refractivity contribution in [3.05, 3.63) is 18.7 Å². The van der Waals surface area contributed by atoms with Crippen LogP contribution < -0.4 is 10.6 Å². The van der Waals surface area contributed by atoms with E-state index in [4.69, 9.17) is 0 Å². The molecule has 0 amide bonds. The molecular weight excluding hydrogens is 377 g/mol. The molecule has 122 valence electrons. The van der Waals surface area contributed by atoms with Crippen molar-refractivity contribution >= 4 is 29.9 Å². The molecule has 0 bridgehead atoms. The Morgan fingerprint density at radius 3 is 2.48 bits per heavy atom. The highest BCUT2D eigenvalue weighted by Gasteiger charge is 1.98. The second-order valence-electron chi connectivity index (χ2n) is 5.47. The molecule has 1 aromatic heterocycles. The van der Waals surface area contributed by atoms with Crippen LogP contribution in [0.15, 0.2) is 23.7 Å². The van der Waals surface area contributed by atoms with E-state index in [1.165, 1.54) is 19.3 Å². The number of hydrogen-bond acceptors (Lipinski definition) is 2. The SMILES string of the molecule is CN=C(NCCCCC(C)C)NCCCn1ccnc1.I. The Morgan fingerprint density at radius 2 is 1.90 bits per heavy atom. The lowest BCUT2D eigenvalue weighted by molar-refractivity contribution is 0.534. The Kier molecular flexibility index (Phi) is 12.4. The number of aryl methyl sites for hydroxylation is 1. The Bertz CT molecular complexity index is 362. The fourth-order valence-corrected chi connectivity index (χ4v) is 1.99. The van der Waals surface area contributed by atoms with E-state index >= 15 is 0 Å². The van der Waals surface area contributed by atoms with Crippen molar-refractivity contribution in [3.63, 3.8) is 0 Å². The van der Waals surface area contributed by atoms with Crippen LogP contribution >= 0.6 is 24.0 Å². The van der Waals surface area contributed by atoms with Crippen molar-refractivity contribution in [3.8, 4) is 0 Å². The van der Waals surface area contributed by atoms with Crippen molar-refractivity contribution in [2.45, 2.75) is 46.1 Å². The Balaban J connectivity index is 0.00000400. The van der Waals surface area contributed by atoms with Gasteiger partial charge in [-0.05, 0) is 18.8 Å². The van der Waals surface area contributed by atoms with E-state index in [2.05, 4.69) is 39.0 Å². The molecule has 0 unspecified atom stereocenters. The highest BCUT2D eigenvalue weighted by molar-refractivity contribution is 14.0. The third-order valence-electron chi connectivity index (χ3n) is 3.17. The third-order valence-corrected chi connectivity index (χ3v) is 3.17. The van der Waals surface area contributed by atoms with E-state index in [-0.39, 0.29) is 24.0 Å². The lowest BCUT2D eigenvalue weighted by Crippen LogP contribution is -2.38. The molecule has 0 radical (unpaired) electrons. The van der Waals surface area contributed by atoms with Crippen LogP contribution in [0.1, 0.15) is 39.5 Å². The molecule has 1 aromatic rings. The first-order chi connectivity index (χ1) is 9.72. The smallest absolute Gasteiger partial charge is 0.190 e. The first-order valence-corrected chi connectivity index (χ1v) is 7.62. The van der Waals surface area contributed by atoms with E-state index in [0.29, 0.717) is 0 Å². The van der Waals surface area contributed by atoms with E-state index < -0.39 is 0 Å². The van der Waals surface area contributed by atoms with Gasteiger partial charge in [-0.15, -0.1) is 24.0 Å². The summed E-state index contributed by atoms with van der Waals surface area (Å²) >= 11 is 0. The van der Waals surface area contributed by atoms with Crippen molar-refractivity contribution in [1.82, 2.24) is 20.2 Å². The summed E-state index contributed by atoms with van der Waals surface area (Å²) in [6.45, 7) is 7.44. The predicted molar refractivity (Wildman–Crippen MR) is 100 cm³/mol. The number of halogens is 1. The molecule has 0 spiro atoms. The van der Waals surface area contributed by atoms with Gasteiger partial charge in [-0.1, -0.05) is 26.7 Å². The van der Waals surface area contributed by atoms with Gasteiger partial charge < -0.3 is 15.2 Å². The number of imidazole rings is 1. The quantitative estimate of drug-likeness (QED) is 0.287. The van der Waals surface area contributed by atoms with Crippen molar-refractivity contribution in [2.75, 3.05) is 20.1 Å². The highest BCUT2D eigenvalue weighted by Crippen LogP contribution is 2.04. The lowest BCUT2D eigenvalue weighted by atomic mass is 10.1. The fourth-order valence-electron chi connectivity index (χ4n) is 1.99. The number of rotatable bonds is 9. The number of guanidine groups is 1. The van der Waals surface area contributed by atoms with Gasteiger partial charge in [0, 0.05) is 39.1 Å². The van der Waals surface area contributed by atoms with Crippen LogP contribution in [-0.4, -0.2) is 35.6 Å². The standard InChI is InChI=1S/C15H29N5.HI/c1-14(2)7-4-5-8-18-15(16-3)19-9-6-11-20-12-10-17-13-20;/h10,12-14H,4-9,11H2,1-3H3,(H2,16,18,19);1H. The van der Waals surface area contributed by atoms with Gasteiger partial charge in [0.1, 0.15) is 0 Å². The fraction of sp³-hybridized carbons (Fsp3) is 0.733. The molecule has 0 aliphatic heterocycles. The van der Waals surface area contributed by atoms with Crippen LogP contribution in [0.5, 0.6) is 0 Å². The number of aliphatic imine (C=N–C) groups is 1. The normalized spacial score (nSPS) is 11.3. The second kappa shape index (κ2) is 12.9. The number of unbranched alkanes of at least 4 members (excludes halogenated alkanes) is 1. The van der Waals surface area contributed by atoms with Crippen LogP contribution in [-0.2, 0) is 6.54 Å². The number of hydrogen-bond donors (Lipinski definition) is 2. The maximum absolute atomic E-state index is 4.23. The molecule has 21 heavy (non-hydrogen) atoms. The average molecular weight is 407 g/mol. The molecule has 6 heteroatoms. The molecule has 5 nitrogen and oxygen atoms in total. The number of nitrogens with zero attached hydrogens (tertiary/aromatic N) is 3. The molecular formula is C15H30IN5. The predicted octanol–water partition coefficient (Wildman–Crippen LogP) is 2.88. The van der Waals surface area contributed by atoms with E-state index in [0.717, 1.165) is 37.9 Å². The summed E-state index contributed by atoms with van der Waals surface area (Å²) in [6.07, 6.45) is 10.5. The molecule has 0 aliphatic rings. The molecule has 1 heterocycles. The maximum atomic E-state index is 4.23. The van der Waals surface area contributed by atoms with Gasteiger partial charge in [0.05, 0.1) is 6.33 Å². The summed E-state index contributed by atoms with van der Waals surface area (Å²) < 4.78 is 2.09. The lowest BCUT2D eigenvalue weighted by Gasteiger charge is -2.12. The first-order valence-electron chi connectivity index (χ1n) is 7.62. The third kappa shape index (κ3) is 10.6. The second-order valence-corrected chi connectivity index (χ2v) is 5.47. The van der Waals surface area contributed by atoms with Crippen LogP contribution in [0.3, 0.4) is 0 Å². The largest absolute Gasteiger partial charge is 0.356 e. The monoisotopic (exact) mass is 407 g/mol. The Hall–Kier alpha value is -0.790. The number of nitrogens with one attached hydrogen (secondary N) is 2. The summed E-state index contributed by atoms with van der Waals surface area (Å²) in [5.74, 6) is 1.70. The van der Waals surface area contributed by atoms with Crippen LogP contribution in [0.2, 0.25) is 0 Å². The summed E-state index contributed by atoms with van der Waals surface area (Å²) in [7, 11) is 1.82. The highest BCUT2D eigenvalue weighted by atomic mass is 127. The molecule has 0 atom stereocenters. The number of aromatic nitrogens is 2. The maximum Gasteiger partial charge on any atom is 0.190 e. The molecule has 1 rings (SSSR count). The first kappa shape index (κ1) is 20.2. The molecule has 0 aliphatic carbocycles. The molecule has 0 aromatic carbocycles. The molecule has 0 saturated carbocycles. The molecule has 0 saturated heterocycles. The van der Waals surface area contributed by atoms with E-state index in [1.54, 1.807) is 0 Å². The van der Waals surface area contributed by atoms with E-state index in [1.807, 2.05) is 25.8 Å². The summed E-state index contributed by atoms with van der Waals surface area (Å²) in [4.78, 5) is 8.26. The topological polar surface area (TPSA) is 54.2 Å². The van der Waals surface area contributed by atoms with Crippen LogP contribution in [0, 0.1) is 5.92 Å². The summed E-state index contributed by atoms with van der Waals surface area (Å²) in [5, 5.41) is 6.69. The summed E-state index contributed by atoms with van der Waals surface area (Å²) in [6, 6.07) is 0. The Morgan fingerprint density at radius 1 is 1.19 bits per heavy atom.